The average Bonchev–Trinajstić information content (AvgIpc) is 2.50. The maximum atomic E-state index is 12.3. The fourth-order valence-corrected chi connectivity index (χ4v) is 4.51. The molecule has 1 saturated heterocycles. The van der Waals surface area contributed by atoms with Gasteiger partial charge in [0.2, 0.25) is 0 Å². The molecule has 1 N–H and O–H groups in total. The van der Waals surface area contributed by atoms with Gasteiger partial charge in [-0.15, -0.1) is 0 Å². The first-order valence-electron chi connectivity index (χ1n) is 6.26. The second-order valence-electron chi connectivity index (χ2n) is 5.49. The van der Waals surface area contributed by atoms with E-state index in [2.05, 4.69) is 0 Å². The molecule has 0 aromatic heterocycles. The van der Waals surface area contributed by atoms with E-state index in [0.717, 1.165) is 6.42 Å². The second kappa shape index (κ2) is 3.08. The van der Waals surface area contributed by atoms with E-state index in [0.29, 0.717) is 6.42 Å². The summed E-state index contributed by atoms with van der Waals surface area (Å²) in [5, 5.41) is 11.0. The van der Waals surface area contributed by atoms with Gasteiger partial charge in [0.05, 0.1) is 6.10 Å². The number of carbonyl (C=O) groups excluding carboxylic acids is 1. The van der Waals surface area contributed by atoms with Crippen LogP contribution in [0.15, 0.2) is 0 Å². The molecule has 0 aromatic carbocycles. The van der Waals surface area contributed by atoms with Crippen LogP contribution in [-0.2, 0) is 9.53 Å². The average molecular weight is 226 g/mol. The topological polar surface area (TPSA) is 46.5 Å². The first-order valence-corrected chi connectivity index (χ1v) is 6.26. The molecule has 3 heteroatoms. The summed E-state index contributed by atoms with van der Waals surface area (Å²) in [6.07, 6.45) is 1.29. The number of hydrogen-bond donors (Lipinski definition) is 1. The summed E-state index contributed by atoms with van der Waals surface area (Å²) < 4.78 is 5.83. The SMILES string of the molecule is CC[C@@]12[C@H](C)O[C@@](C)(C(=O)[C@H]1C)[C@@]2(O)CC. The van der Waals surface area contributed by atoms with Crippen molar-refractivity contribution in [2.75, 3.05) is 0 Å². The number of aliphatic hydroxyl groups is 1. The summed E-state index contributed by atoms with van der Waals surface area (Å²) in [6, 6.07) is 0. The molecule has 0 unspecified atom stereocenters. The van der Waals surface area contributed by atoms with E-state index < -0.39 is 16.6 Å². The van der Waals surface area contributed by atoms with Crippen molar-refractivity contribution in [1.29, 1.82) is 0 Å². The Labute approximate surface area is 97.2 Å². The Bertz CT molecular complexity index is 340. The summed E-state index contributed by atoms with van der Waals surface area (Å²) in [6.45, 7) is 9.67. The first-order chi connectivity index (χ1) is 7.31. The van der Waals surface area contributed by atoms with Crippen LogP contribution in [0, 0.1) is 11.3 Å². The summed E-state index contributed by atoms with van der Waals surface area (Å²) >= 11 is 0. The third-order valence-electron chi connectivity index (χ3n) is 5.43. The van der Waals surface area contributed by atoms with Gasteiger partial charge in [-0.25, -0.2) is 0 Å². The first kappa shape index (κ1) is 12.1. The molecule has 0 amide bonds. The van der Waals surface area contributed by atoms with Gasteiger partial charge in [-0.2, -0.15) is 0 Å². The van der Waals surface area contributed by atoms with Gasteiger partial charge in [0, 0.05) is 11.3 Å². The van der Waals surface area contributed by atoms with Crippen LogP contribution in [0.3, 0.4) is 0 Å². The zero-order valence-corrected chi connectivity index (χ0v) is 10.8. The van der Waals surface area contributed by atoms with Gasteiger partial charge in [0.25, 0.3) is 0 Å². The van der Waals surface area contributed by atoms with Gasteiger partial charge in [-0.05, 0) is 26.7 Å². The Morgan fingerprint density at radius 3 is 2.25 bits per heavy atom. The summed E-state index contributed by atoms with van der Waals surface area (Å²) in [4.78, 5) is 12.3. The van der Waals surface area contributed by atoms with Gasteiger partial charge in [-0.3, -0.25) is 4.79 Å². The molecule has 2 fully saturated rings. The maximum absolute atomic E-state index is 12.3. The van der Waals surface area contributed by atoms with Crippen LogP contribution >= 0.6 is 0 Å². The molecule has 5 atom stereocenters. The Balaban J connectivity index is 2.67. The molecule has 0 aromatic rings. The second-order valence-corrected chi connectivity index (χ2v) is 5.49. The minimum atomic E-state index is -1.01. The monoisotopic (exact) mass is 226 g/mol. The van der Waals surface area contributed by atoms with Gasteiger partial charge < -0.3 is 9.84 Å². The van der Waals surface area contributed by atoms with E-state index in [-0.39, 0.29) is 17.8 Å². The molecule has 16 heavy (non-hydrogen) atoms. The van der Waals surface area contributed by atoms with Gasteiger partial charge in [-0.1, -0.05) is 20.8 Å². The van der Waals surface area contributed by atoms with Crippen molar-refractivity contribution in [2.45, 2.75) is 64.8 Å². The van der Waals surface area contributed by atoms with Crippen molar-refractivity contribution in [2.24, 2.45) is 11.3 Å². The van der Waals surface area contributed by atoms with E-state index in [1.807, 2.05) is 27.7 Å². The Kier molecular flexibility index (Phi) is 2.32. The van der Waals surface area contributed by atoms with Crippen molar-refractivity contribution in [3.8, 4) is 0 Å². The van der Waals surface area contributed by atoms with Crippen LogP contribution in [0.2, 0.25) is 0 Å². The molecule has 1 heterocycles. The molecule has 2 aliphatic rings. The maximum Gasteiger partial charge on any atom is 0.170 e. The predicted molar refractivity (Wildman–Crippen MR) is 61.1 cm³/mol. The lowest BCUT2D eigenvalue weighted by atomic mass is 9.63. The van der Waals surface area contributed by atoms with Gasteiger partial charge in [0.15, 0.2) is 11.4 Å². The predicted octanol–water partition coefficient (Wildman–Crippen LogP) is 1.92. The van der Waals surface area contributed by atoms with Crippen molar-refractivity contribution in [1.82, 2.24) is 0 Å². The minimum absolute atomic E-state index is 0.0554. The molecule has 0 spiro atoms. The third-order valence-corrected chi connectivity index (χ3v) is 5.43. The lowest BCUT2D eigenvalue weighted by molar-refractivity contribution is -0.160. The summed E-state index contributed by atoms with van der Waals surface area (Å²) in [5.74, 6) is -0.0481. The molecule has 1 aliphatic heterocycles. The molecule has 2 bridgehead atoms. The number of hydrogen-bond acceptors (Lipinski definition) is 3. The molecule has 0 radical (unpaired) electrons. The fourth-order valence-electron chi connectivity index (χ4n) is 4.51. The molecular formula is C13H22O3. The van der Waals surface area contributed by atoms with Crippen LogP contribution in [0.1, 0.15) is 47.5 Å². The number of ketones is 1. The highest BCUT2D eigenvalue weighted by atomic mass is 16.5. The highest BCUT2D eigenvalue weighted by Crippen LogP contribution is 2.66. The van der Waals surface area contributed by atoms with Crippen LogP contribution in [0.4, 0.5) is 0 Å². The standard InChI is InChI=1S/C13H22O3/c1-6-12-8(3)10(14)11(5,16-9(12)4)13(12,15)7-2/h8-9,15H,6-7H2,1-5H3/t8-,9+,11+,12+,13+/m1/s1. The van der Waals surface area contributed by atoms with E-state index in [9.17, 15) is 9.90 Å². The van der Waals surface area contributed by atoms with Crippen molar-refractivity contribution < 1.29 is 14.6 Å². The van der Waals surface area contributed by atoms with Crippen molar-refractivity contribution >= 4 is 5.78 Å². The van der Waals surface area contributed by atoms with Crippen molar-refractivity contribution in [3.63, 3.8) is 0 Å². The number of Topliss-reactive ketones (excluding diaryl/α,β-unsaturated/α-hetero) is 1. The number of carbonyl (C=O) groups is 1. The van der Waals surface area contributed by atoms with Crippen LogP contribution in [0.25, 0.3) is 0 Å². The number of rotatable bonds is 2. The fraction of sp³-hybridized carbons (Fsp3) is 0.923. The van der Waals surface area contributed by atoms with E-state index in [1.165, 1.54) is 0 Å². The quantitative estimate of drug-likeness (QED) is 0.782. The zero-order chi connectivity index (χ0) is 12.4. The van der Waals surface area contributed by atoms with E-state index >= 15 is 0 Å². The molecular weight excluding hydrogens is 204 g/mol. The largest absolute Gasteiger partial charge is 0.386 e. The summed E-state index contributed by atoms with van der Waals surface area (Å²) in [5.41, 5.74) is -2.42. The Morgan fingerprint density at radius 1 is 1.31 bits per heavy atom. The van der Waals surface area contributed by atoms with Crippen LogP contribution < -0.4 is 0 Å². The van der Waals surface area contributed by atoms with Crippen molar-refractivity contribution in [3.05, 3.63) is 0 Å². The van der Waals surface area contributed by atoms with Crippen LogP contribution in [0.5, 0.6) is 0 Å². The third kappa shape index (κ3) is 0.842. The Morgan fingerprint density at radius 2 is 1.88 bits per heavy atom. The lowest BCUT2D eigenvalue weighted by Gasteiger charge is -2.41. The zero-order valence-electron chi connectivity index (χ0n) is 10.8. The van der Waals surface area contributed by atoms with Gasteiger partial charge in [0.1, 0.15) is 5.60 Å². The number of ether oxygens (including phenoxy) is 1. The smallest absolute Gasteiger partial charge is 0.170 e. The molecule has 1 saturated carbocycles. The van der Waals surface area contributed by atoms with E-state index in [4.69, 9.17) is 4.74 Å². The molecule has 92 valence electrons. The highest BCUT2D eigenvalue weighted by Gasteiger charge is 2.79. The Hall–Kier alpha value is -0.410. The van der Waals surface area contributed by atoms with Crippen LogP contribution in [-0.4, -0.2) is 28.2 Å². The van der Waals surface area contributed by atoms with Gasteiger partial charge >= 0.3 is 0 Å². The minimum Gasteiger partial charge on any atom is -0.386 e. The molecule has 3 nitrogen and oxygen atoms in total. The lowest BCUT2D eigenvalue weighted by Crippen LogP contribution is -2.53. The highest BCUT2D eigenvalue weighted by molar-refractivity contribution is 5.95. The van der Waals surface area contributed by atoms with E-state index in [1.54, 1.807) is 6.92 Å². The summed E-state index contributed by atoms with van der Waals surface area (Å²) in [7, 11) is 0. The molecule has 2 rings (SSSR count). The molecule has 1 aliphatic carbocycles. The normalized spacial score (nSPS) is 56.0. The number of fused-ring (bicyclic) bond motifs is 2.